The Bertz CT molecular complexity index is 1130. The summed E-state index contributed by atoms with van der Waals surface area (Å²) in [4.78, 5) is 0. The van der Waals surface area contributed by atoms with Gasteiger partial charge in [-0.25, -0.2) is 4.68 Å². The fraction of sp³-hybridized carbons (Fsp3) is 0.0870. The molecule has 0 fully saturated rings. The van der Waals surface area contributed by atoms with Crippen molar-refractivity contribution in [3.8, 4) is 28.2 Å². The summed E-state index contributed by atoms with van der Waals surface area (Å²) in [7, 11) is 0. The van der Waals surface area contributed by atoms with Crippen LogP contribution in [0.15, 0.2) is 71.2 Å². The Hall–Kier alpha value is -1.78. The van der Waals surface area contributed by atoms with Crippen molar-refractivity contribution >= 4 is 51.5 Å². The molecule has 0 bridgehead atoms. The highest BCUT2D eigenvalue weighted by molar-refractivity contribution is 9.10. The molecular weight excluding hydrogens is 491 g/mol. The number of nitrogens with zero attached hydrogens (tertiary/aromatic N) is 2. The van der Waals surface area contributed by atoms with Crippen LogP contribution in [0.5, 0.6) is 0 Å². The average Bonchev–Trinajstić information content (AvgIpc) is 3.00. The maximum atomic E-state index is 6.26. The predicted molar refractivity (Wildman–Crippen MR) is 129 cm³/mol. The molecule has 148 valence electrons. The van der Waals surface area contributed by atoms with E-state index in [1.54, 1.807) is 6.07 Å². The van der Waals surface area contributed by atoms with E-state index in [2.05, 4.69) is 78.3 Å². The third kappa shape index (κ3) is 4.54. The summed E-state index contributed by atoms with van der Waals surface area (Å²) in [5.74, 6) is 0. The Morgan fingerprint density at radius 2 is 1.24 bits per heavy atom. The molecule has 0 N–H and O–H groups in total. The zero-order valence-electron chi connectivity index (χ0n) is 15.8. The van der Waals surface area contributed by atoms with E-state index < -0.39 is 0 Å². The third-order valence-electron chi connectivity index (χ3n) is 4.57. The van der Waals surface area contributed by atoms with Crippen LogP contribution >= 0.6 is 51.5 Å². The lowest BCUT2D eigenvalue weighted by Gasteiger charge is -2.09. The van der Waals surface area contributed by atoms with Gasteiger partial charge < -0.3 is 0 Å². The topological polar surface area (TPSA) is 17.8 Å². The highest BCUT2D eigenvalue weighted by atomic mass is 79.9. The zero-order chi connectivity index (χ0) is 19.8. The number of rotatable bonds is 3. The molecule has 0 aliphatic rings. The summed E-state index contributed by atoms with van der Waals surface area (Å²) in [6.07, 6.45) is 0. The smallest absolute Gasteiger partial charge is 0.108 e. The zero-order valence-corrected chi connectivity index (χ0v) is 19.7. The summed E-state index contributed by atoms with van der Waals surface area (Å²) in [6.45, 7) is 4.15. The van der Waals surface area contributed by atoms with E-state index in [-0.39, 0.29) is 12.4 Å². The maximum Gasteiger partial charge on any atom is 0.108 e. The first-order valence-corrected chi connectivity index (χ1v) is 10.4. The van der Waals surface area contributed by atoms with Crippen molar-refractivity contribution in [1.82, 2.24) is 9.78 Å². The minimum absolute atomic E-state index is 0. The van der Waals surface area contributed by atoms with E-state index in [0.717, 1.165) is 32.7 Å². The normalized spacial score (nSPS) is 10.7. The molecule has 0 aliphatic carbocycles. The fourth-order valence-electron chi connectivity index (χ4n) is 3.10. The van der Waals surface area contributed by atoms with Crippen LogP contribution in [0, 0.1) is 13.8 Å². The van der Waals surface area contributed by atoms with E-state index in [1.807, 2.05) is 16.8 Å². The summed E-state index contributed by atoms with van der Waals surface area (Å²) in [5.41, 5.74) is 7.14. The molecule has 1 heterocycles. The van der Waals surface area contributed by atoms with Crippen molar-refractivity contribution in [2.24, 2.45) is 0 Å². The Balaban J connectivity index is 0.00000240. The van der Waals surface area contributed by atoms with Crippen molar-refractivity contribution < 1.29 is 0 Å². The van der Waals surface area contributed by atoms with Crippen LogP contribution in [0.25, 0.3) is 28.2 Å². The highest BCUT2D eigenvalue weighted by Crippen LogP contribution is 2.39. The van der Waals surface area contributed by atoms with Crippen LogP contribution in [0.2, 0.25) is 10.0 Å². The van der Waals surface area contributed by atoms with Gasteiger partial charge in [0.25, 0.3) is 0 Å². The Morgan fingerprint density at radius 3 is 1.76 bits per heavy atom. The molecule has 29 heavy (non-hydrogen) atoms. The number of aryl methyl sites for hydroxylation is 2. The first-order valence-electron chi connectivity index (χ1n) is 8.81. The van der Waals surface area contributed by atoms with Gasteiger partial charge in [0.1, 0.15) is 5.69 Å². The molecular formula is C23H18BrCl3N2. The molecule has 0 aliphatic heterocycles. The molecule has 1 aromatic heterocycles. The van der Waals surface area contributed by atoms with Gasteiger partial charge in [0.15, 0.2) is 0 Å². The van der Waals surface area contributed by atoms with E-state index in [1.165, 1.54) is 11.1 Å². The molecule has 3 aromatic carbocycles. The lowest BCUT2D eigenvalue weighted by atomic mass is 10.1. The standard InChI is InChI=1S/C23H17BrCl2N2.ClH/c1-14-3-7-16(8-4-14)22-21(24)23(17-9-5-15(2)6-10-17)28(27-22)20-12-18(25)11-19(26)13-20;/h3-13H,1-2H3;1H. The second-order valence-electron chi connectivity index (χ2n) is 6.78. The second-order valence-corrected chi connectivity index (χ2v) is 8.45. The van der Waals surface area contributed by atoms with Crippen molar-refractivity contribution in [1.29, 1.82) is 0 Å². The van der Waals surface area contributed by atoms with Gasteiger partial charge in [-0.05, 0) is 48.0 Å². The SMILES string of the molecule is Cc1ccc(-c2nn(-c3cc(Cl)cc(Cl)c3)c(-c3ccc(C)cc3)c2Br)cc1.Cl. The van der Waals surface area contributed by atoms with Crippen LogP contribution < -0.4 is 0 Å². The van der Waals surface area contributed by atoms with Gasteiger partial charge in [0, 0.05) is 21.2 Å². The quantitative estimate of drug-likeness (QED) is 0.272. The molecule has 0 radical (unpaired) electrons. The summed E-state index contributed by atoms with van der Waals surface area (Å²) < 4.78 is 2.82. The van der Waals surface area contributed by atoms with E-state index in [4.69, 9.17) is 28.3 Å². The number of hydrogen-bond donors (Lipinski definition) is 0. The second kappa shape index (κ2) is 8.93. The number of hydrogen-bond acceptors (Lipinski definition) is 1. The van der Waals surface area contributed by atoms with Crippen molar-refractivity contribution in [3.63, 3.8) is 0 Å². The fourth-order valence-corrected chi connectivity index (χ4v) is 4.32. The van der Waals surface area contributed by atoms with Crippen molar-refractivity contribution in [2.45, 2.75) is 13.8 Å². The Kier molecular flexibility index (Phi) is 6.75. The number of aromatic nitrogens is 2. The molecule has 4 aromatic rings. The lowest BCUT2D eigenvalue weighted by molar-refractivity contribution is 0.892. The third-order valence-corrected chi connectivity index (χ3v) is 5.76. The van der Waals surface area contributed by atoms with Gasteiger partial charge >= 0.3 is 0 Å². The Morgan fingerprint density at radius 1 is 0.759 bits per heavy atom. The summed E-state index contributed by atoms with van der Waals surface area (Å²) in [5, 5.41) is 6.05. The monoisotopic (exact) mass is 506 g/mol. The van der Waals surface area contributed by atoms with Gasteiger partial charge in [-0.3, -0.25) is 0 Å². The van der Waals surface area contributed by atoms with Crippen LogP contribution in [-0.2, 0) is 0 Å². The van der Waals surface area contributed by atoms with Gasteiger partial charge in [-0.1, -0.05) is 82.9 Å². The van der Waals surface area contributed by atoms with E-state index in [9.17, 15) is 0 Å². The summed E-state index contributed by atoms with van der Waals surface area (Å²) in [6, 6.07) is 22.2. The first kappa shape index (κ1) is 21.9. The maximum absolute atomic E-state index is 6.26. The van der Waals surface area contributed by atoms with Crippen molar-refractivity contribution in [2.75, 3.05) is 0 Å². The first-order chi connectivity index (χ1) is 13.4. The van der Waals surface area contributed by atoms with E-state index >= 15 is 0 Å². The number of halogens is 4. The molecule has 0 unspecified atom stereocenters. The molecule has 0 spiro atoms. The van der Waals surface area contributed by atoms with Gasteiger partial charge in [-0.2, -0.15) is 5.10 Å². The van der Waals surface area contributed by atoms with Crippen LogP contribution in [0.1, 0.15) is 11.1 Å². The van der Waals surface area contributed by atoms with E-state index in [0.29, 0.717) is 10.0 Å². The van der Waals surface area contributed by atoms with Crippen molar-refractivity contribution in [3.05, 3.63) is 92.4 Å². The molecule has 4 rings (SSSR count). The molecule has 0 saturated heterocycles. The van der Waals surface area contributed by atoms with Gasteiger partial charge in [0.05, 0.1) is 15.9 Å². The van der Waals surface area contributed by atoms with Crippen LogP contribution in [0.4, 0.5) is 0 Å². The minimum atomic E-state index is 0. The molecule has 0 saturated carbocycles. The molecule has 6 heteroatoms. The number of benzene rings is 3. The highest BCUT2D eigenvalue weighted by Gasteiger charge is 2.20. The lowest BCUT2D eigenvalue weighted by Crippen LogP contribution is -1.99. The van der Waals surface area contributed by atoms with Crippen LogP contribution in [-0.4, -0.2) is 9.78 Å². The minimum Gasteiger partial charge on any atom is -0.231 e. The molecule has 0 atom stereocenters. The Labute approximate surface area is 195 Å². The average molecular weight is 509 g/mol. The predicted octanol–water partition coefficient (Wildman–Crippen LogP) is 8.31. The molecule has 2 nitrogen and oxygen atoms in total. The largest absolute Gasteiger partial charge is 0.231 e. The van der Waals surface area contributed by atoms with Gasteiger partial charge in [-0.15, -0.1) is 12.4 Å². The molecule has 0 amide bonds. The summed E-state index contributed by atoms with van der Waals surface area (Å²) >= 11 is 16.3. The van der Waals surface area contributed by atoms with Gasteiger partial charge in [0.2, 0.25) is 0 Å². The van der Waals surface area contributed by atoms with Crippen LogP contribution in [0.3, 0.4) is 0 Å².